The second-order valence-electron chi connectivity index (χ2n) is 4.77. The lowest BCUT2D eigenvalue weighted by Gasteiger charge is -2.15. The topological polar surface area (TPSA) is 78.6 Å². The van der Waals surface area contributed by atoms with E-state index in [9.17, 15) is 0 Å². The highest BCUT2D eigenvalue weighted by atomic mass is 16.5. The van der Waals surface area contributed by atoms with Gasteiger partial charge in [0.1, 0.15) is 0 Å². The normalized spacial score (nSPS) is 12.7. The van der Waals surface area contributed by atoms with Crippen LogP contribution in [0.1, 0.15) is 25.1 Å². The molecule has 1 N–H and O–H groups in total. The van der Waals surface area contributed by atoms with Gasteiger partial charge in [0, 0.05) is 33.1 Å². The molecule has 0 aliphatic rings. The van der Waals surface area contributed by atoms with Crippen LogP contribution in [0, 0.1) is 0 Å². The number of aromatic nitrogens is 2. The van der Waals surface area contributed by atoms with Crippen molar-refractivity contribution in [2.24, 2.45) is 0 Å². The van der Waals surface area contributed by atoms with Crippen LogP contribution in [-0.4, -0.2) is 63.4 Å². The molecule has 0 bridgehead atoms. The molecule has 0 aliphatic heterocycles. The molecule has 0 aliphatic carbocycles. The number of nitrogens with one attached hydrogen (secondary N) is 1. The average molecular weight is 301 g/mol. The maximum absolute atomic E-state index is 5.38. The molecule has 1 heterocycles. The molecule has 0 saturated carbocycles. The summed E-state index contributed by atoms with van der Waals surface area (Å²) < 4.78 is 20.7. The molecule has 1 rings (SSSR count). The van der Waals surface area contributed by atoms with Crippen molar-refractivity contribution in [1.82, 2.24) is 15.5 Å². The summed E-state index contributed by atoms with van der Waals surface area (Å²) in [6, 6.07) is 0.196. The highest BCUT2D eigenvalue weighted by molar-refractivity contribution is 4.90. The van der Waals surface area contributed by atoms with Crippen LogP contribution in [0.2, 0.25) is 0 Å². The molecule has 122 valence electrons. The van der Waals surface area contributed by atoms with E-state index in [4.69, 9.17) is 18.7 Å². The van der Waals surface area contributed by atoms with E-state index in [0.29, 0.717) is 51.0 Å². The van der Waals surface area contributed by atoms with Crippen molar-refractivity contribution in [3.63, 3.8) is 0 Å². The van der Waals surface area contributed by atoms with Crippen molar-refractivity contribution >= 4 is 0 Å². The predicted octanol–water partition coefficient (Wildman–Crippen LogP) is 0.832. The first-order valence-electron chi connectivity index (χ1n) is 7.40. The third-order valence-corrected chi connectivity index (χ3v) is 2.88. The highest BCUT2D eigenvalue weighted by Gasteiger charge is 2.14. The lowest BCUT2D eigenvalue weighted by atomic mass is 10.2. The van der Waals surface area contributed by atoms with E-state index in [1.807, 2.05) is 0 Å². The summed E-state index contributed by atoms with van der Waals surface area (Å²) in [6.45, 7) is 5.45. The Balaban J connectivity index is 2.31. The number of methoxy groups -OCH3 is 2. The SMILES string of the molecule is CCCNC(COC)Cc1nc(CCOCCOC)no1. The van der Waals surface area contributed by atoms with Crippen LogP contribution in [0.4, 0.5) is 0 Å². The molecular weight excluding hydrogens is 274 g/mol. The maximum Gasteiger partial charge on any atom is 0.228 e. The van der Waals surface area contributed by atoms with E-state index >= 15 is 0 Å². The van der Waals surface area contributed by atoms with E-state index in [1.54, 1.807) is 14.2 Å². The quantitative estimate of drug-likeness (QED) is 0.541. The largest absolute Gasteiger partial charge is 0.383 e. The molecule has 7 nitrogen and oxygen atoms in total. The zero-order valence-corrected chi connectivity index (χ0v) is 13.3. The van der Waals surface area contributed by atoms with Crippen molar-refractivity contribution in [3.05, 3.63) is 11.7 Å². The Hall–Kier alpha value is -1.02. The second kappa shape index (κ2) is 11.6. The third-order valence-electron chi connectivity index (χ3n) is 2.88. The van der Waals surface area contributed by atoms with Crippen LogP contribution in [0.5, 0.6) is 0 Å². The minimum Gasteiger partial charge on any atom is -0.383 e. The van der Waals surface area contributed by atoms with Gasteiger partial charge in [-0.3, -0.25) is 0 Å². The minimum atomic E-state index is 0.196. The van der Waals surface area contributed by atoms with Gasteiger partial charge in [0.25, 0.3) is 0 Å². The van der Waals surface area contributed by atoms with Gasteiger partial charge >= 0.3 is 0 Å². The fourth-order valence-corrected chi connectivity index (χ4v) is 1.83. The minimum absolute atomic E-state index is 0.196. The van der Waals surface area contributed by atoms with Gasteiger partial charge in [0.05, 0.1) is 26.4 Å². The summed E-state index contributed by atoms with van der Waals surface area (Å²) in [5.74, 6) is 1.31. The number of ether oxygens (including phenoxy) is 3. The molecule has 0 radical (unpaired) electrons. The zero-order valence-electron chi connectivity index (χ0n) is 13.3. The van der Waals surface area contributed by atoms with Gasteiger partial charge in [-0.25, -0.2) is 0 Å². The fourth-order valence-electron chi connectivity index (χ4n) is 1.83. The zero-order chi connectivity index (χ0) is 15.3. The summed E-state index contributed by atoms with van der Waals surface area (Å²) in [6.07, 6.45) is 2.39. The van der Waals surface area contributed by atoms with Gasteiger partial charge in [-0.15, -0.1) is 0 Å². The van der Waals surface area contributed by atoms with Gasteiger partial charge in [0.2, 0.25) is 5.89 Å². The molecule has 1 atom stereocenters. The van der Waals surface area contributed by atoms with Crippen molar-refractivity contribution < 1.29 is 18.7 Å². The van der Waals surface area contributed by atoms with Crippen molar-refractivity contribution in [2.45, 2.75) is 32.2 Å². The first-order valence-corrected chi connectivity index (χ1v) is 7.40. The first-order chi connectivity index (χ1) is 10.3. The summed E-state index contributed by atoms with van der Waals surface area (Å²) in [5.41, 5.74) is 0. The lowest BCUT2D eigenvalue weighted by Crippen LogP contribution is -2.35. The first kappa shape index (κ1) is 18.0. The van der Waals surface area contributed by atoms with Crippen LogP contribution < -0.4 is 5.32 Å². The smallest absolute Gasteiger partial charge is 0.228 e. The van der Waals surface area contributed by atoms with Crippen LogP contribution >= 0.6 is 0 Å². The van der Waals surface area contributed by atoms with Crippen molar-refractivity contribution in [1.29, 1.82) is 0 Å². The number of hydrogen-bond donors (Lipinski definition) is 1. The van der Waals surface area contributed by atoms with E-state index in [2.05, 4.69) is 22.4 Å². The molecule has 1 aromatic heterocycles. The molecule has 0 spiro atoms. The summed E-state index contributed by atoms with van der Waals surface area (Å²) >= 11 is 0. The van der Waals surface area contributed by atoms with Crippen LogP contribution in [0.25, 0.3) is 0 Å². The van der Waals surface area contributed by atoms with Crippen molar-refractivity contribution in [2.75, 3.05) is 47.2 Å². The predicted molar refractivity (Wildman–Crippen MR) is 78.4 cm³/mol. The molecule has 0 saturated heterocycles. The molecule has 1 unspecified atom stereocenters. The van der Waals surface area contributed by atoms with Gasteiger partial charge in [-0.05, 0) is 13.0 Å². The van der Waals surface area contributed by atoms with E-state index in [1.165, 1.54) is 0 Å². The summed E-state index contributed by atoms with van der Waals surface area (Å²) in [4.78, 5) is 4.37. The Morgan fingerprint density at radius 1 is 1.19 bits per heavy atom. The van der Waals surface area contributed by atoms with Gasteiger partial charge in [-0.2, -0.15) is 4.98 Å². The number of hydrogen-bond acceptors (Lipinski definition) is 7. The van der Waals surface area contributed by atoms with Crippen LogP contribution in [0.3, 0.4) is 0 Å². The molecule has 0 aromatic carbocycles. The van der Waals surface area contributed by atoms with Gasteiger partial charge in [-0.1, -0.05) is 12.1 Å². The number of nitrogens with zero attached hydrogens (tertiary/aromatic N) is 2. The monoisotopic (exact) mass is 301 g/mol. The highest BCUT2D eigenvalue weighted by Crippen LogP contribution is 2.03. The molecule has 21 heavy (non-hydrogen) atoms. The second-order valence-corrected chi connectivity index (χ2v) is 4.77. The Labute approximate surface area is 126 Å². The Bertz CT molecular complexity index is 360. The van der Waals surface area contributed by atoms with E-state index < -0.39 is 0 Å². The van der Waals surface area contributed by atoms with Gasteiger partial charge in [0.15, 0.2) is 5.82 Å². The standard InChI is InChI=1S/C14H27N3O4/c1-4-6-15-12(11-19-3)10-14-16-13(17-21-14)5-7-20-9-8-18-2/h12,15H,4-11H2,1-3H3. The number of rotatable bonds is 13. The summed E-state index contributed by atoms with van der Waals surface area (Å²) in [5, 5.41) is 7.36. The van der Waals surface area contributed by atoms with Gasteiger partial charge < -0.3 is 24.1 Å². The average Bonchev–Trinajstić information content (AvgIpc) is 2.92. The maximum atomic E-state index is 5.38. The van der Waals surface area contributed by atoms with E-state index in [-0.39, 0.29) is 6.04 Å². The molecule has 0 amide bonds. The molecular formula is C14H27N3O4. The lowest BCUT2D eigenvalue weighted by molar-refractivity contribution is 0.0714. The summed E-state index contributed by atoms with van der Waals surface area (Å²) in [7, 11) is 3.34. The van der Waals surface area contributed by atoms with Crippen LogP contribution in [0.15, 0.2) is 4.52 Å². The Morgan fingerprint density at radius 3 is 2.76 bits per heavy atom. The van der Waals surface area contributed by atoms with E-state index in [0.717, 1.165) is 13.0 Å². The molecule has 0 fully saturated rings. The van der Waals surface area contributed by atoms with Crippen LogP contribution in [-0.2, 0) is 27.1 Å². The Kier molecular flexibility index (Phi) is 9.98. The molecule has 7 heteroatoms. The fraction of sp³-hybridized carbons (Fsp3) is 0.857. The molecule has 1 aromatic rings. The third kappa shape index (κ3) is 8.11. The van der Waals surface area contributed by atoms with Crippen molar-refractivity contribution in [3.8, 4) is 0 Å². The Morgan fingerprint density at radius 2 is 2.05 bits per heavy atom.